The normalized spacial score (nSPS) is 12.4. The summed E-state index contributed by atoms with van der Waals surface area (Å²) < 4.78 is 5.47. The third-order valence-corrected chi connectivity index (χ3v) is 6.06. The summed E-state index contributed by atoms with van der Waals surface area (Å²) in [6, 6.07) is 7.49. The van der Waals surface area contributed by atoms with Gasteiger partial charge >= 0.3 is 5.97 Å². The van der Waals surface area contributed by atoms with Gasteiger partial charge in [-0.05, 0) is 39.3 Å². The van der Waals surface area contributed by atoms with Crippen molar-refractivity contribution in [1.82, 2.24) is 15.0 Å². The van der Waals surface area contributed by atoms with E-state index in [2.05, 4.69) is 15.0 Å². The van der Waals surface area contributed by atoms with Gasteiger partial charge in [0.05, 0.1) is 5.39 Å². The van der Waals surface area contributed by atoms with Crippen LogP contribution in [0.4, 0.5) is 0 Å². The minimum absolute atomic E-state index is 0.277. The van der Waals surface area contributed by atoms with Crippen LogP contribution >= 0.6 is 11.3 Å². The van der Waals surface area contributed by atoms with E-state index in [-0.39, 0.29) is 16.2 Å². The Kier molecular flexibility index (Phi) is 4.58. The summed E-state index contributed by atoms with van der Waals surface area (Å²) in [7, 11) is 0. The predicted octanol–water partition coefficient (Wildman–Crippen LogP) is 3.82. The Morgan fingerprint density at radius 1 is 1.14 bits per heavy atom. The highest BCUT2D eigenvalue weighted by atomic mass is 32.1. The lowest BCUT2D eigenvalue weighted by atomic mass is 10.0. The number of thiophene rings is 1. The zero-order chi connectivity index (χ0) is 20.9. The van der Waals surface area contributed by atoms with Gasteiger partial charge in [0.1, 0.15) is 15.5 Å². The number of hydrogen-bond donors (Lipinski definition) is 2. The van der Waals surface area contributed by atoms with Crippen molar-refractivity contribution in [2.75, 3.05) is 0 Å². The first kappa shape index (κ1) is 19.1. The Labute approximate surface area is 169 Å². The lowest BCUT2D eigenvalue weighted by molar-refractivity contribution is 0.0323. The van der Waals surface area contributed by atoms with Crippen LogP contribution in [0, 0.1) is 20.8 Å². The number of carbonyl (C=O) groups is 2. The molecule has 0 aliphatic rings. The number of aromatic nitrogens is 3. The number of Topliss-reactive ketones (excluding diaryl/α,β-unsaturated/α-hetero) is 1. The van der Waals surface area contributed by atoms with Crippen LogP contribution in [0.2, 0.25) is 0 Å². The number of hydrogen-bond acceptors (Lipinski definition) is 6. The van der Waals surface area contributed by atoms with Gasteiger partial charge in [0.15, 0.2) is 6.10 Å². The highest BCUT2D eigenvalue weighted by Gasteiger charge is 2.27. The lowest BCUT2D eigenvalue weighted by Crippen LogP contribution is -2.24. The van der Waals surface area contributed by atoms with E-state index < -0.39 is 12.1 Å². The Balaban J connectivity index is 1.65. The molecule has 0 fully saturated rings. The topological polar surface area (TPSA) is 105 Å². The Morgan fingerprint density at radius 2 is 1.86 bits per heavy atom. The molecule has 3 heterocycles. The SMILES string of the molecule is Cc1nc2sc(C(=O)O[C@@H](C)C(=O)c3c(C)[nH]c4ccccc34)c(C)c2c(=O)[nH]1. The molecule has 29 heavy (non-hydrogen) atoms. The molecule has 0 saturated carbocycles. The molecule has 148 valence electrons. The molecule has 4 rings (SSSR count). The second-order valence-electron chi connectivity index (χ2n) is 6.97. The van der Waals surface area contributed by atoms with Gasteiger partial charge in [0.2, 0.25) is 5.78 Å². The molecule has 3 aromatic heterocycles. The summed E-state index contributed by atoms with van der Waals surface area (Å²) in [5.41, 5.74) is 2.31. The van der Waals surface area contributed by atoms with Gasteiger partial charge in [-0.3, -0.25) is 9.59 Å². The van der Waals surface area contributed by atoms with Crippen molar-refractivity contribution in [2.24, 2.45) is 0 Å². The van der Waals surface area contributed by atoms with E-state index in [4.69, 9.17) is 4.74 Å². The van der Waals surface area contributed by atoms with Crippen LogP contribution in [0.5, 0.6) is 0 Å². The quantitative estimate of drug-likeness (QED) is 0.394. The Bertz CT molecular complexity index is 1350. The summed E-state index contributed by atoms with van der Waals surface area (Å²) in [6.45, 7) is 6.73. The number of nitrogens with zero attached hydrogens (tertiary/aromatic N) is 1. The maximum atomic E-state index is 13.0. The van der Waals surface area contributed by atoms with Gasteiger partial charge in [-0.2, -0.15) is 0 Å². The fourth-order valence-electron chi connectivity index (χ4n) is 3.51. The van der Waals surface area contributed by atoms with Gasteiger partial charge in [0.25, 0.3) is 5.56 Å². The third-order valence-electron chi connectivity index (χ3n) is 4.90. The average molecular weight is 409 g/mol. The van der Waals surface area contributed by atoms with Crippen LogP contribution in [0.3, 0.4) is 0 Å². The molecule has 0 saturated heterocycles. The highest BCUT2D eigenvalue weighted by Crippen LogP contribution is 2.29. The van der Waals surface area contributed by atoms with E-state index in [9.17, 15) is 14.4 Å². The number of ether oxygens (including phenoxy) is 1. The number of fused-ring (bicyclic) bond motifs is 2. The summed E-state index contributed by atoms with van der Waals surface area (Å²) in [5.74, 6) is -0.443. The first-order chi connectivity index (χ1) is 13.8. The second-order valence-corrected chi connectivity index (χ2v) is 7.97. The minimum Gasteiger partial charge on any atom is -0.450 e. The molecule has 7 nitrogen and oxygen atoms in total. The molecule has 0 bridgehead atoms. The monoisotopic (exact) mass is 409 g/mol. The first-order valence-corrected chi connectivity index (χ1v) is 9.92. The molecule has 2 N–H and O–H groups in total. The Morgan fingerprint density at radius 3 is 2.62 bits per heavy atom. The summed E-state index contributed by atoms with van der Waals surface area (Å²) in [4.78, 5) is 48.8. The number of aromatic amines is 2. The first-order valence-electron chi connectivity index (χ1n) is 9.10. The van der Waals surface area contributed by atoms with Crippen molar-refractivity contribution in [3.63, 3.8) is 0 Å². The number of H-pyrrole nitrogens is 2. The largest absolute Gasteiger partial charge is 0.450 e. The van der Waals surface area contributed by atoms with E-state index in [1.54, 1.807) is 20.8 Å². The average Bonchev–Trinajstić information content (AvgIpc) is 3.17. The van der Waals surface area contributed by atoms with Gasteiger partial charge in [0, 0.05) is 22.2 Å². The third kappa shape index (κ3) is 3.15. The number of para-hydroxylation sites is 1. The maximum Gasteiger partial charge on any atom is 0.349 e. The van der Waals surface area contributed by atoms with Crippen LogP contribution in [0.15, 0.2) is 29.1 Å². The van der Waals surface area contributed by atoms with Crippen molar-refractivity contribution < 1.29 is 14.3 Å². The van der Waals surface area contributed by atoms with Crippen LogP contribution in [0.1, 0.15) is 44.0 Å². The van der Waals surface area contributed by atoms with Gasteiger partial charge in [-0.1, -0.05) is 18.2 Å². The molecule has 0 radical (unpaired) electrons. The van der Waals surface area contributed by atoms with Crippen LogP contribution in [-0.4, -0.2) is 32.8 Å². The fraction of sp³-hybridized carbons (Fsp3) is 0.238. The summed E-state index contributed by atoms with van der Waals surface area (Å²) >= 11 is 1.09. The number of ketones is 1. The van der Waals surface area contributed by atoms with Crippen LogP contribution < -0.4 is 5.56 Å². The van der Waals surface area contributed by atoms with E-state index in [0.29, 0.717) is 27.2 Å². The molecule has 0 aliphatic carbocycles. The van der Waals surface area contributed by atoms with Crippen molar-refractivity contribution in [1.29, 1.82) is 0 Å². The van der Waals surface area contributed by atoms with E-state index in [1.165, 1.54) is 0 Å². The zero-order valence-electron chi connectivity index (χ0n) is 16.4. The number of esters is 1. The number of carbonyl (C=O) groups excluding carboxylic acids is 2. The van der Waals surface area contributed by atoms with Crippen molar-refractivity contribution >= 4 is 44.2 Å². The van der Waals surface area contributed by atoms with Crippen molar-refractivity contribution in [2.45, 2.75) is 33.8 Å². The lowest BCUT2D eigenvalue weighted by Gasteiger charge is -2.12. The van der Waals surface area contributed by atoms with Crippen molar-refractivity contribution in [3.05, 3.63) is 62.1 Å². The number of aryl methyl sites for hydroxylation is 3. The van der Waals surface area contributed by atoms with Gasteiger partial charge in [-0.15, -0.1) is 11.3 Å². The predicted molar refractivity (Wildman–Crippen MR) is 112 cm³/mol. The van der Waals surface area contributed by atoms with Gasteiger partial charge < -0.3 is 14.7 Å². The fourth-order valence-corrected chi connectivity index (χ4v) is 4.62. The zero-order valence-corrected chi connectivity index (χ0v) is 17.2. The summed E-state index contributed by atoms with van der Waals surface area (Å²) in [5, 5.41) is 1.17. The molecule has 1 atom stereocenters. The number of rotatable bonds is 4. The maximum absolute atomic E-state index is 13.0. The number of benzene rings is 1. The molecule has 8 heteroatoms. The van der Waals surface area contributed by atoms with E-state index in [0.717, 1.165) is 27.9 Å². The Hall–Kier alpha value is -3.26. The standard InChI is InChI=1S/C21H19N3O4S/c1-9-15-19(26)23-12(4)24-20(15)29-18(9)21(27)28-11(3)17(25)16-10(2)22-14-8-6-5-7-13(14)16/h5-8,11,22H,1-4H3,(H,23,24,26)/t11-/m0/s1. The second kappa shape index (κ2) is 6.97. The van der Waals surface area contributed by atoms with E-state index in [1.807, 2.05) is 31.2 Å². The molecular weight excluding hydrogens is 390 g/mol. The highest BCUT2D eigenvalue weighted by molar-refractivity contribution is 7.20. The molecule has 0 unspecified atom stereocenters. The molecule has 0 spiro atoms. The van der Waals surface area contributed by atoms with Crippen molar-refractivity contribution in [3.8, 4) is 0 Å². The van der Waals surface area contributed by atoms with Crippen LogP contribution in [-0.2, 0) is 4.74 Å². The smallest absolute Gasteiger partial charge is 0.349 e. The molecule has 4 aromatic rings. The number of nitrogens with one attached hydrogen (secondary N) is 2. The molecule has 0 aliphatic heterocycles. The van der Waals surface area contributed by atoms with Gasteiger partial charge in [-0.25, -0.2) is 9.78 Å². The van der Waals surface area contributed by atoms with Crippen LogP contribution in [0.25, 0.3) is 21.1 Å². The molecule has 1 aromatic carbocycles. The minimum atomic E-state index is -0.974. The van der Waals surface area contributed by atoms with E-state index >= 15 is 0 Å². The molecule has 0 amide bonds. The summed E-state index contributed by atoms with van der Waals surface area (Å²) in [6.07, 6.45) is -0.974. The molecular formula is C21H19N3O4S.